The molecule has 1 fully saturated rings. The zero-order valence-corrected chi connectivity index (χ0v) is 24.3. The minimum Gasteiger partial charge on any atom is -0.395 e. The third-order valence-electron chi connectivity index (χ3n) is 6.08. The molecule has 1 saturated heterocycles. The summed E-state index contributed by atoms with van der Waals surface area (Å²) in [5.41, 5.74) is 4.75. The van der Waals surface area contributed by atoms with E-state index in [-0.39, 0.29) is 43.1 Å². The Morgan fingerprint density at radius 1 is 1.33 bits per heavy atom. The van der Waals surface area contributed by atoms with Gasteiger partial charge in [-0.3, -0.25) is 18.4 Å². The Bertz CT molecular complexity index is 1230. The minimum absolute atomic E-state index is 0.0216. The van der Waals surface area contributed by atoms with E-state index in [4.69, 9.17) is 31.1 Å². The average molecular weight is 605 g/mol. The normalized spacial score (nSPS) is 24.9. The van der Waals surface area contributed by atoms with Crippen molar-refractivity contribution in [3.63, 3.8) is 0 Å². The predicted octanol–water partition coefficient (Wildman–Crippen LogP) is 2.29. The zero-order chi connectivity index (χ0) is 28.8. The van der Waals surface area contributed by atoms with Crippen LogP contribution in [0.2, 0.25) is 0 Å². The third kappa shape index (κ3) is 8.12. The summed E-state index contributed by atoms with van der Waals surface area (Å²) in [4.78, 5) is 26.8. The van der Waals surface area contributed by atoms with E-state index >= 15 is 0 Å². The Balaban J connectivity index is 1.68. The number of hydrogen-bond acceptors (Lipinski definition) is 11. The van der Waals surface area contributed by atoms with E-state index in [9.17, 15) is 24.4 Å². The van der Waals surface area contributed by atoms with E-state index in [0.717, 1.165) is 21.9 Å². The van der Waals surface area contributed by atoms with Crippen LogP contribution in [0.4, 0.5) is 5.82 Å². The number of ether oxygens (including phenoxy) is 1. The van der Waals surface area contributed by atoms with Crippen LogP contribution in [-0.4, -0.2) is 67.5 Å². The quantitative estimate of drug-likeness (QED) is 0.149. The highest BCUT2D eigenvalue weighted by atomic mass is 35.5. The number of carbonyl (C=O) groups excluding carboxylic acids is 1. The highest BCUT2D eigenvalue weighted by Gasteiger charge is 2.54. The maximum absolute atomic E-state index is 13.6. The van der Waals surface area contributed by atoms with Gasteiger partial charge >= 0.3 is 13.4 Å². The molecule has 0 unspecified atom stereocenters. The molecule has 1 aromatic carbocycles. The van der Waals surface area contributed by atoms with Gasteiger partial charge < -0.3 is 20.7 Å². The number of anilines is 1. The highest BCUT2D eigenvalue weighted by Crippen LogP contribution is 2.47. The second-order valence-electron chi connectivity index (χ2n) is 9.79. The van der Waals surface area contributed by atoms with Crippen LogP contribution in [0.5, 0.6) is 0 Å². The molecule has 1 aliphatic rings. The molecule has 0 aliphatic carbocycles. The molecule has 0 spiro atoms. The number of aromatic nitrogens is 2. The monoisotopic (exact) mass is 604 g/mol. The fourth-order valence-electron chi connectivity index (χ4n) is 3.59. The summed E-state index contributed by atoms with van der Waals surface area (Å²) in [6.07, 6.45) is -2.14. The fraction of sp³-hybridized carbons (Fsp3) is 0.542. The number of halogens is 1. The Hall–Kier alpha value is -1.80. The van der Waals surface area contributed by atoms with Gasteiger partial charge in [0.25, 0.3) is 0 Å². The predicted molar refractivity (Wildman–Crippen MR) is 148 cm³/mol. The molecule has 0 bridgehead atoms. The molecular formula is C24H34ClN4O8PS. The largest absolute Gasteiger partial charge is 0.405 e. The summed E-state index contributed by atoms with van der Waals surface area (Å²) >= 11 is 7.53. The SMILES string of the molecule is CC(C)(CO)C(=O)SCCO[P@@](=O)(NCc1ccccc1)OC[C@H]1O[C@@H](n2ccc(N)nc2=O)[C@](C)(Cl)[C@@H]1O. The summed E-state index contributed by atoms with van der Waals surface area (Å²) in [7, 11) is -3.98. The highest BCUT2D eigenvalue weighted by molar-refractivity contribution is 8.13. The van der Waals surface area contributed by atoms with Crippen LogP contribution in [0.3, 0.4) is 0 Å². The number of rotatable bonds is 13. The van der Waals surface area contributed by atoms with Crippen molar-refractivity contribution < 1.29 is 33.4 Å². The lowest BCUT2D eigenvalue weighted by Crippen LogP contribution is -2.42. The van der Waals surface area contributed by atoms with Crippen LogP contribution in [-0.2, 0) is 29.7 Å². The van der Waals surface area contributed by atoms with Crippen molar-refractivity contribution in [3.05, 3.63) is 58.6 Å². The third-order valence-corrected chi connectivity index (χ3v) is 9.23. The first-order valence-electron chi connectivity index (χ1n) is 12.1. The van der Waals surface area contributed by atoms with Gasteiger partial charge in [-0.1, -0.05) is 42.1 Å². The number of benzene rings is 1. The minimum atomic E-state index is -3.98. The average Bonchev–Trinajstić information content (AvgIpc) is 3.13. The van der Waals surface area contributed by atoms with Crippen molar-refractivity contribution in [2.24, 2.45) is 5.41 Å². The summed E-state index contributed by atoms with van der Waals surface area (Å²) in [6, 6.07) is 10.6. The molecule has 0 saturated carbocycles. The Morgan fingerprint density at radius 3 is 2.67 bits per heavy atom. The lowest BCUT2D eigenvalue weighted by atomic mass is 9.97. The van der Waals surface area contributed by atoms with Gasteiger partial charge in [-0.2, -0.15) is 4.98 Å². The zero-order valence-electron chi connectivity index (χ0n) is 21.9. The summed E-state index contributed by atoms with van der Waals surface area (Å²) < 4.78 is 31.8. The van der Waals surface area contributed by atoms with Crippen molar-refractivity contribution in [1.82, 2.24) is 14.6 Å². The summed E-state index contributed by atoms with van der Waals surface area (Å²) in [6.45, 7) is 4.10. The summed E-state index contributed by atoms with van der Waals surface area (Å²) in [5.74, 6) is 0.188. The number of nitrogens with one attached hydrogen (secondary N) is 1. The van der Waals surface area contributed by atoms with E-state index in [1.54, 1.807) is 13.8 Å². The smallest absolute Gasteiger partial charge is 0.395 e. The molecule has 0 amide bonds. The second kappa shape index (κ2) is 13.2. The van der Waals surface area contributed by atoms with Crippen LogP contribution < -0.4 is 16.5 Å². The first-order chi connectivity index (χ1) is 18.3. The lowest BCUT2D eigenvalue weighted by Gasteiger charge is -2.26. The molecule has 5 atom stereocenters. The van der Waals surface area contributed by atoms with Crippen molar-refractivity contribution in [1.29, 1.82) is 0 Å². The van der Waals surface area contributed by atoms with Gasteiger partial charge in [0.15, 0.2) is 11.3 Å². The second-order valence-corrected chi connectivity index (χ2v) is 13.5. The molecule has 39 heavy (non-hydrogen) atoms. The van der Waals surface area contributed by atoms with Crippen LogP contribution in [0.25, 0.3) is 0 Å². The molecule has 216 valence electrons. The van der Waals surface area contributed by atoms with Crippen LogP contribution in [0, 0.1) is 5.41 Å². The number of nitrogens with two attached hydrogens (primary N) is 1. The van der Waals surface area contributed by atoms with Gasteiger partial charge in [0.1, 0.15) is 22.9 Å². The number of aliphatic hydroxyl groups is 2. The van der Waals surface area contributed by atoms with E-state index in [0.29, 0.717) is 0 Å². The lowest BCUT2D eigenvalue weighted by molar-refractivity contribution is -0.119. The number of aliphatic hydroxyl groups excluding tert-OH is 2. The molecular weight excluding hydrogens is 571 g/mol. The van der Waals surface area contributed by atoms with Crippen molar-refractivity contribution in [2.75, 3.05) is 31.3 Å². The number of nitrogens with zero attached hydrogens (tertiary/aromatic N) is 2. The molecule has 2 aromatic rings. The number of hydrogen-bond donors (Lipinski definition) is 4. The maximum atomic E-state index is 13.6. The van der Waals surface area contributed by atoms with Gasteiger partial charge in [-0.15, -0.1) is 11.6 Å². The Morgan fingerprint density at radius 2 is 2.03 bits per heavy atom. The molecule has 1 aliphatic heterocycles. The van der Waals surface area contributed by atoms with Crippen molar-refractivity contribution in [2.45, 2.75) is 50.6 Å². The van der Waals surface area contributed by atoms with Crippen LogP contribution >= 0.6 is 31.1 Å². The molecule has 0 radical (unpaired) electrons. The van der Waals surface area contributed by atoms with Crippen LogP contribution in [0.1, 0.15) is 32.6 Å². The molecule has 15 heteroatoms. The summed E-state index contributed by atoms with van der Waals surface area (Å²) in [5, 5.41) is 22.8. The van der Waals surface area contributed by atoms with E-state index < -0.39 is 42.2 Å². The molecule has 12 nitrogen and oxygen atoms in total. The van der Waals surface area contributed by atoms with Gasteiger partial charge in [0.05, 0.1) is 25.2 Å². The van der Waals surface area contributed by atoms with Gasteiger partial charge in [0, 0.05) is 18.5 Å². The van der Waals surface area contributed by atoms with Crippen LogP contribution in [0.15, 0.2) is 47.4 Å². The number of alkyl halides is 1. The number of thioether (sulfide) groups is 1. The first kappa shape index (κ1) is 31.7. The number of nitrogen functional groups attached to an aromatic ring is 1. The molecule has 3 rings (SSSR count). The Labute approximate surface area is 235 Å². The van der Waals surface area contributed by atoms with Gasteiger partial charge in [0.2, 0.25) is 0 Å². The topological polar surface area (TPSA) is 175 Å². The van der Waals surface area contributed by atoms with Crippen molar-refractivity contribution in [3.8, 4) is 0 Å². The van der Waals surface area contributed by atoms with Gasteiger partial charge in [-0.25, -0.2) is 14.4 Å². The van der Waals surface area contributed by atoms with Crippen molar-refractivity contribution >= 4 is 42.0 Å². The fourth-order valence-corrected chi connectivity index (χ4v) is 6.13. The first-order valence-corrected chi connectivity index (χ1v) is 15.0. The standard InChI is InChI=1S/C24H34ClN4O8PS/c1-23(2,15-30)21(32)39-12-11-35-38(34,27-13-16-7-5-4-6-8-16)36-14-17-19(31)24(3,25)20(37-17)29-10-9-18(26)28-22(29)33/h4-10,17,19-20,30-31H,11-15H2,1-3H3,(H,27,34)(H2,26,28,33)/t17-,19-,20-,24-,38+/m1/s1. The number of carbonyl (C=O) groups is 1. The van der Waals surface area contributed by atoms with E-state index in [1.165, 1.54) is 19.2 Å². The molecule has 1 aromatic heterocycles. The van der Waals surface area contributed by atoms with E-state index in [1.807, 2.05) is 30.3 Å². The van der Waals surface area contributed by atoms with Gasteiger partial charge in [-0.05, 0) is 32.4 Å². The Kier molecular flexibility index (Phi) is 10.8. The molecule has 2 heterocycles. The van der Waals surface area contributed by atoms with E-state index in [2.05, 4.69) is 10.1 Å². The maximum Gasteiger partial charge on any atom is 0.405 e. The molecule has 5 N–H and O–H groups in total.